The largest absolute Gasteiger partial charge is 0.484 e. The Kier molecular flexibility index (Phi) is 6.63. The first-order valence-electron chi connectivity index (χ1n) is 9.38. The maximum atomic E-state index is 12.1. The Balaban J connectivity index is 1.48. The number of hydrogen-bond donors (Lipinski definition) is 1. The normalized spacial score (nSPS) is 10.3. The second-order valence-corrected chi connectivity index (χ2v) is 6.92. The minimum Gasteiger partial charge on any atom is -0.484 e. The number of nitrogens with zero attached hydrogens (tertiary/aromatic N) is 1. The second kappa shape index (κ2) is 9.55. The van der Waals surface area contributed by atoms with Gasteiger partial charge in [-0.1, -0.05) is 42.5 Å². The zero-order valence-corrected chi connectivity index (χ0v) is 16.6. The number of carbonyl (C=O) groups excluding carboxylic acids is 2. The molecule has 0 heterocycles. The van der Waals surface area contributed by atoms with E-state index in [1.54, 1.807) is 38.4 Å². The SMILES string of the molecule is CN(C)C(=O)c1ccc(NC(=O)COc2ccc(Cc3ccccc3)cc2)cc1. The van der Waals surface area contributed by atoms with Crippen molar-refractivity contribution in [3.8, 4) is 5.75 Å². The van der Waals surface area contributed by atoms with Crippen LogP contribution < -0.4 is 10.1 Å². The minimum atomic E-state index is -0.259. The van der Waals surface area contributed by atoms with E-state index in [1.165, 1.54) is 16.0 Å². The first-order chi connectivity index (χ1) is 14.0. The number of ether oxygens (including phenoxy) is 1. The van der Waals surface area contributed by atoms with Gasteiger partial charge in [0.15, 0.2) is 6.61 Å². The van der Waals surface area contributed by atoms with Crippen molar-refractivity contribution in [2.45, 2.75) is 6.42 Å². The van der Waals surface area contributed by atoms with Gasteiger partial charge in [0.25, 0.3) is 11.8 Å². The molecule has 2 amide bonds. The zero-order chi connectivity index (χ0) is 20.6. The van der Waals surface area contributed by atoms with Gasteiger partial charge in [0.1, 0.15) is 5.75 Å². The second-order valence-electron chi connectivity index (χ2n) is 6.92. The molecule has 0 aliphatic carbocycles. The fourth-order valence-electron chi connectivity index (χ4n) is 2.84. The Bertz CT molecular complexity index is 950. The van der Waals surface area contributed by atoms with E-state index in [0.29, 0.717) is 17.0 Å². The summed E-state index contributed by atoms with van der Waals surface area (Å²) in [4.78, 5) is 25.5. The van der Waals surface area contributed by atoms with Crippen molar-refractivity contribution in [3.05, 3.63) is 95.6 Å². The minimum absolute atomic E-state index is 0.0816. The van der Waals surface area contributed by atoms with Crippen LogP contribution in [0.25, 0.3) is 0 Å². The van der Waals surface area contributed by atoms with Crippen LogP contribution in [0.3, 0.4) is 0 Å². The van der Waals surface area contributed by atoms with Gasteiger partial charge in [-0.2, -0.15) is 0 Å². The van der Waals surface area contributed by atoms with Crippen LogP contribution >= 0.6 is 0 Å². The molecule has 0 unspecified atom stereocenters. The molecule has 0 aliphatic rings. The molecule has 0 saturated heterocycles. The molecule has 0 saturated carbocycles. The summed E-state index contributed by atoms with van der Waals surface area (Å²) in [6.45, 7) is -0.0869. The van der Waals surface area contributed by atoms with Gasteiger partial charge in [0, 0.05) is 25.3 Å². The third kappa shape index (κ3) is 5.94. The molecular weight excluding hydrogens is 364 g/mol. The molecule has 3 aromatic rings. The maximum absolute atomic E-state index is 12.1. The van der Waals surface area contributed by atoms with Gasteiger partial charge in [0.2, 0.25) is 0 Å². The topological polar surface area (TPSA) is 58.6 Å². The van der Waals surface area contributed by atoms with Gasteiger partial charge in [-0.25, -0.2) is 0 Å². The van der Waals surface area contributed by atoms with Crippen LogP contribution in [-0.2, 0) is 11.2 Å². The average Bonchev–Trinajstić information content (AvgIpc) is 2.74. The highest BCUT2D eigenvalue weighted by Gasteiger charge is 2.09. The highest BCUT2D eigenvalue weighted by Crippen LogP contribution is 2.16. The van der Waals surface area contributed by atoms with E-state index in [9.17, 15) is 9.59 Å². The van der Waals surface area contributed by atoms with E-state index in [4.69, 9.17) is 4.74 Å². The number of anilines is 1. The molecule has 5 nitrogen and oxygen atoms in total. The van der Waals surface area contributed by atoms with Crippen molar-refractivity contribution in [1.29, 1.82) is 0 Å². The zero-order valence-electron chi connectivity index (χ0n) is 16.6. The highest BCUT2D eigenvalue weighted by molar-refractivity contribution is 5.95. The molecule has 148 valence electrons. The van der Waals surface area contributed by atoms with Crippen LogP contribution in [0.5, 0.6) is 5.75 Å². The molecule has 0 spiro atoms. The van der Waals surface area contributed by atoms with Gasteiger partial charge in [-0.05, 0) is 53.9 Å². The first kappa shape index (κ1) is 20.1. The highest BCUT2D eigenvalue weighted by atomic mass is 16.5. The Labute approximate surface area is 170 Å². The number of amides is 2. The Morgan fingerprint density at radius 2 is 1.45 bits per heavy atom. The summed E-state index contributed by atoms with van der Waals surface area (Å²) in [6, 6.07) is 24.8. The molecule has 0 aromatic heterocycles. The van der Waals surface area contributed by atoms with Crippen molar-refractivity contribution < 1.29 is 14.3 Å². The predicted molar refractivity (Wildman–Crippen MR) is 114 cm³/mol. The van der Waals surface area contributed by atoms with Crippen molar-refractivity contribution >= 4 is 17.5 Å². The van der Waals surface area contributed by atoms with E-state index < -0.39 is 0 Å². The summed E-state index contributed by atoms with van der Waals surface area (Å²) in [5.74, 6) is 0.302. The fraction of sp³-hybridized carbons (Fsp3) is 0.167. The van der Waals surface area contributed by atoms with E-state index in [0.717, 1.165) is 6.42 Å². The summed E-state index contributed by atoms with van der Waals surface area (Å²) < 4.78 is 5.57. The van der Waals surface area contributed by atoms with Crippen LogP contribution in [0.4, 0.5) is 5.69 Å². The lowest BCUT2D eigenvalue weighted by Gasteiger charge is -2.11. The van der Waals surface area contributed by atoms with Crippen LogP contribution in [-0.4, -0.2) is 37.4 Å². The number of benzene rings is 3. The van der Waals surface area contributed by atoms with Crippen molar-refractivity contribution in [1.82, 2.24) is 4.90 Å². The molecule has 5 heteroatoms. The van der Waals surface area contributed by atoms with E-state index in [-0.39, 0.29) is 18.4 Å². The number of nitrogens with one attached hydrogen (secondary N) is 1. The molecule has 0 atom stereocenters. The lowest BCUT2D eigenvalue weighted by Crippen LogP contribution is -2.22. The number of rotatable bonds is 7. The standard InChI is InChI=1S/C24H24N2O3/c1-26(2)24(28)20-10-12-21(13-11-20)25-23(27)17-29-22-14-8-19(9-15-22)16-18-6-4-3-5-7-18/h3-15H,16-17H2,1-2H3,(H,25,27). The summed E-state index contributed by atoms with van der Waals surface area (Å²) in [6.07, 6.45) is 0.855. The van der Waals surface area contributed by atoms with Crippen LogP contribution in [0.1, 0.15) is 21.5 Å². The lowest BCUT2D eigenvalue weighted by molar-refractivity contribution is -0.118. The van der Waals surface area contributed by atoms with E-state index in [1.807, 2.05) is 42.5 Å². The van der Waals surface area contributed by atoms with Crippen molar-refractivity contribution in [2.24, 2.45) is 0 Å². The van der Waals surface area contributed by atoms with Crippen LogP contribution in [0.15, 0.2) is 78.9 Å². The summed E-state index contributed by atoms with van der Waals surface area (Å²) >= 11 is 0. The molecule has 0 bridgehead atoms. The maximum Gasteiger partial charge on any atom is 0.262 e. The smallest absolute Gasteiger partial charge is 0.262 e. The van der Waals surface area contributed by atoms with E-state index in [2.05, 4.69) is 17.4 Å². The van der Waals surface area contributed by atoms with Gasteiger partial charge in [-0.15, -0.1) is 0 Å². The molecule has 29 heavy (non-hydrogen) atoms. The molecule has 0 radical (unpaired) electrons. The van der Waals surface area contributed by atoms with Gasteiger partial charge < -0.3 is 15.0 Å². The third-order valence-electron chi connectivity index (χ3n) is 4.37. The summed E-state index contributed by atoms with van der Waals surface area (Å²) in [5, 5.41) is 2.76. The monoisotopic (exact) mass is 388 g/mol. The van der Waals surface area contributed by atoms with Crippen molar-refractivity contribution in [3.63, 3.8) is 0 Å². The Morgan fingerprint density at radius 1 is 0.828 bits per heavy atom. The van der Waals surface area contributed by atoms with Crippen LogP contribution in [0.2, 0.25) is 0 Å². The quantitative estimate of drug-likeness (QED) is 0.666. The summed E-state index contributed by atoms with van der Waals surface area (Å²) in [5.41, 5.74) is 3.62. The van der Waals surface area contributed by atoms with Crippen molar-refractivity contribution in [2.75, 3.05) is 26.0 Å². The number of hydrogen-bond acceptors (Lipinski definition) is 3. The average molecular weight is 388 g/mol. The Hall–Kier alpha value is -3.60. The molecule has 3 rings (SSSR count). The first-order valence-corrected chi connectivity index (χ1v) is 9.38. The summed E-state index contributed by atoms with van der Waals surface area (Å²) in [7, 11) is 3.40. The van der Waals surface area contributed by atoms with Crippen LogP contribution in [0, 0.1) is 0 Å². The Morgan fingerprint density at radius 3 is 2.07 bits per heavy atom. The molecule has 0 fully saturated rings. The van der Waals surface area contributed by atoms with Gasteiger partial charge in [0.05, 0.1) is 0 Å². The molecule has 3 aromatic carbocycles. The van der Waals surface area contributed by atoms with Gasteiger partial charge in [-0.3, -0.25) is 9.59 Å². The predicted octanol–water partition coefficient (Wildman–Crippen LogP) is 4.00. The number of carbonyl (C=O) groups is 2. The lowest BCUT2D eigenvalue weighted by atomic mass is 10.1. The fourth-order valence-corrected chi connectivity index (χ4v) is 2.84. The van der Waals surface area contributed by atoms with Gasteiger partial charge >= 0.3 is 0 Å². The third-order valence-corrected chi connectivity index (χ3v) is 4.37. The van der Waals surface area contributed by atoms with E-state index >= 15 is 0 Å². The molecule has 0 aliphatic heterocycles. The molecule has 1 N–H and O–H groups in total. The molecular formula is C24H24N2O3.